The van der Waals surface area contributed by atoms with Crippen LogP contribution in [0.4, 0.5) is 0 Å². The summed E-state index contributed by atoms with van der Waals surface area (Å²) in [6.07, 6.45) is 6.13. The van der Waals surface area contributed by atoms with E-state index in [1.165, 1.54) is 16.5 Å². The molecule has 94 valence electrons. The van der Waals surface area contributed by atoms with Crippen molar-refractivity contribution < 1.29 is 4.79 Å². The Morgan fingerprint density at radius 3 is 3.00 bits per heavy atom. The number of fused-ring (bicyclic) bond motifs is 1. The number of rotatable bonds is 3. The van der Waals surface area contributed by atoms with Gasteiger partial charge in [0, 0.05) is 36.0 Å². The van der Waals surface area contributed by atoms with Crippen LogP contribution in [0.25, 0.3) is 10.9 Å². The van der Waals surface area contributed by atoms with Crippen molar-refractivity contribution in [3.63, 3.8) is 0 Å². The first-order valence-corrected chi connectivity index (χ1v) is 6.83. The molecule has 18 heavy (non-hydrogen) atoms. The van der Waals surface area contributed by atoms with E-state index in [4.69, 9.17) is 0 Å². The number of Topliss-reactive ketones (excluding diaryl/α,β-unsaturated/α-hetero) is 1. The molecular weight excluding hydrogens is 222 g/mol. The van der Waals surface area contributed by atoms with Crippen LogP contribution in [0, 0.1) is 12.8 Å². The van der Waals surface area contributed by atoms with Crippen LogP contribution in [0.2, 0.25) is 0 Å². The van der Waals surface area contributed by atoms with Crippen molar-refractivity contribution in [1.82, 2.24) is 4.57 Å². The number of hydrogen-bond donors (Lipinski definition) is 0. The SMILES string of the molecule is Cc1cccc2c1ccn2CCC1CCCC1=O. The summed E-state index contributed by atoms with van der Waals surface area (Å²) in [4.78, 5) is 11.6. The van der Waals surface area contributed by atoms with Gasteiger partial charge in [0.25, 0.3) is 0 Å². The smallest absolute Gasteiger partial charge is 0.136 e. The minimum atomic E-state index is 0.312. The van der Waals surface area contributed by atoms with Crippen molar-refractivity contribution in [3.05, 3.63) is 36.0 Å². The average molecular weight is 241 g/mol. The summed E-state index contributed by atoms with van der Waals surface area (Å²) in [5.74, 6) is 0.787. The Kier molecular flexibility index (Phi) is 2.94. The Hall–Kier alpha value is -1.57. The summed E-state index contributed by atoms with van der Waals surface area (Å²) in [5.41, 5.74) is 2.61. The van der Waals surface area contributed by atoms with Crippen LogP contribution in [0.5, 0.6) is 0 Å². The summed E-state index contributed by atoms with van der Waals surface area (Å²) in [6, 6.07) is 8.60. The highest BCUT2D eigenvalue weighted by atomic mass is 16.1. The molecule has 0 N–H and O–H groups in total. The number of nitrogens with zero attached hydrogens (tertiary/aromatic N) is 1. The zero-order chi connectivity index (χ0) is 12.5. The normalized spacial score (nSPS) is 19.8. The van der Waals surface area contributed by atoms with E-state index in [1.54, 1.807) is 0 Å². The predicted octanol–water partition coefficient (Wildman–Crippen LogP) is 3.71. The van der Waals surface area contributed by atoms with E-state index < -0.39 is 0 Å². The highest BCUT2D eigenvalue weighted by Gasteiger charge is 2.23. The van der Waals surface area contributed by atoms with Gasteiger partial charge in [0.1, 0.15) is 5.78 Å². The van der Waals surface area contributed by atoms with E-state index in [0.29, 0.717) is 11.7 Å². The summed E-state index contributed by atoms with van der Waals surface area (Å²) in [7, 11) is 0. The van der Waals surface area contributed by atoms with E-state index in [9.17, 15) is 4.79 Å². The highest BCUT2D eigenvalue weighted by molar-refractivity contribution is 5.84. The lowest BCUT2D eigenvalue weighted by atomic mass is 10.0. The Balaban J connectivity index is 1.79. The van der Waals surface area contributed by atoms with Crippen LogP contribution in [0.1, 0.15) is 31.2 Å². The van der Waals surface area contributed by atoms with Crippen LogP contribution in [0.3, 0.4) is 0 Å². The topological polar surface area (TPSA) is 22.0 Å². The number of carbonyl (C=O) groups is 1. The Morgan fingerprint density at radius 1 is 1.33 bits per heavy atom. The van der Waals surface area contributed by atoms with Gasteiger partial charge in [-0.3, -0.25) is 4.79 Å². The van der Waals surface area contributed by atoms with Crippen LogP contribution >= 0.6 is 0 Å². The van der Waals surface area contributed by atoms with Gasteiger partial charge in [0.2, 0.25) is 0 Å². The van der Waals surface area contributed by atoms with Gasteiger partial charge in [-0.25, -0.2) is 0 Å². The lowest BCUT2D eigenvalue weighted by Gasteiger charge is -2.10. The number of benzene rings is 1. The van der Waals surface area contributed by atoms with Crippen molar-refractivity contribution in [2.75, 3.05) is 0 Å². The zero-order valence-corrected chi connectivity index (χ0v) is 10.9. The lowest BCUT2D eigenvalue weighted by molar-refractivity contribution is -0.120. The molecule has 0 radical (unpaired) electrons. The van der Waals surface area contributed by atoms with E-state index in [1.807, 2.05) is 0 Å². The molecule has 3 rings (SSSR count). The summed E-state index contributed by atoms with van der Waals surface area (Å²) >= 11 is 0. The molecule has 1 fully saturated rings. The third-order valence-corrected chi connectivity index (χ3v) is 4.18. The molecule has 2 aromatic rings. The fourth-order valence-electron chi connectivity index (χ4n) is 3.06. The van der Waals surface area contributed by atoms with E-state index in [-0.39, 0.29) is 0 Å². The highest BCUT2D eigenvalue weighted by Crippen LogP contribution is 2.26. The van der Waals surface area contributed by atoms with Crippen molar-refractivity contribution in [1.29, 1.82) is 0 Å². The predicted molar refractivity (Wildman–Crippen MR) is 73.6 cm³/mol. The molecule has 1 aromatic carbocycles. The van der Waals surface area contributed by atoms with Crippen LogP contribution in [-0.2, 0) is 11.3 Å². The first-order valence-electron chi connectivity index (χ1n) is 6.83. The third kappa shape index (κ3) is 1.96. The molecule has 1 aromatic heterocycles. The number of carbonyl (C=O) groups excluding carboxylic acids is 1. The number of ketones is 1. The standard InChI is InChI=1S/C16H19NO/c1-12-4-2-6-15-14(12)9-11-17(15)10-8-13-5-3-7-16(13)18/h2,4,6,9,11,13H,3,5,7-8,10H2,1H3. The minimum Gasteiger partial charge on any atom is -0.347 e. The van der Waals surface area contributed by atoms with Crippen LogP contribution < -0.4 is 0 Å². The van der Waals surface area contributed by atoms with E-state index >= 15 is 0 Å². The fourth-order valence-corrected chi connectivity index (χ4v) is 3.06. The molecule has 1 heterocycles. The Morgan fingerprint density at radius 2 is 2.22 bits per heavy atom. The summed E-state index contributed by atoms with van der Waals surface area (Å²) < 4.78 is 2.29. The van der Waals surface area contributed by atoms with Gasteiger partial charge in [-0.2, -0.15) is 0 Å². The Labute approximate surface area is 108 Å². The van der Waals surface area contributed by atoms with Gasteiger partial charge in [-0.15, -0.1) is 0 Å². The average Bonchev–Trinajstić information content (AvgIpc) is 2.94. The van der Waals surface area contributed by atoms with E-state index in [2.05, 4.69) is 42.0 Å². The maximum atomic E-state index is 11.6. The monoisotopic (exact) mass is 241 g/mol. The van der Waals surface area contributed by atoms with Crippen molar-refractivity contribution in [2.24, 2.45) is 5.92 Å². The first kappa shape index (κ1) is 11.5. The number of aryl methyl sites for hydroxylation is 2. The molecule has 2 nitrogen and oxygen atoms in total. The molecule has 0 amide bonds. The third-order valence-electron chi connectivity index (χ3n) is 4.18. The van der Waals surface area contributed by atoms with Crippen LogP contribution in [0.15, 0.2) is 30.5 Å². The maximum absolute atomic E-state index is 11.6. The molecule has 1 saturated carbocycles. The van der Waals surface area contributed by atoms with Crippen LogP contribution in [-0.4, -0.2) is 10.4 Å². The van der Waals surface area contributed by atoms with E-state index in [0.717, 1.165) is 32.2 Å². The molecule has 0 saturated heterocycles. The molecule has 0 aliphatic heterocycles. The fraction of sp³-hybridized carbons (Fsp3) is 0.438. The molecule has 0 spiro atoms. The first-order chi connectivity index (χ1) is 8.75. The molecule has 0 bridgehead atoms. The molecule has 1 aliphatic carbocycles. The van der Waals surface area contributed by atoms with Gasteiger partial charge in [-0.05, 0) is 43.9 Å². The molecule has 1 aliphatic rings. The zero-order valence-electron chi connectivity index (χ0n) is 10.9. The van der Waals surface area contributed by atoms with Gasteiger partial charge in [-0.1, -0.05) is 12.1 Å². The van der Waals surface area contributed by atoms with Gasteiger partial charge >= 0.3 is 0 Å². The molecule has 2 heteroatoms. The second kappa shape index (κ2) is 4.60. The maximum Gasteiger partial charge on any atom is 0.136 e. The quantitative estimate of drug-likeness (QED) is 0.803. The minimum absolute atomic E-state index is 0.312. The molecular formula is C16H19NO. The van der Waals surface area contributed by atoms with Gasteiger partial charge < -0.3 is 4.57 Å². The van der Waals surface area contributed by atoms with Gasteiger partial charge in [0.05, 0.1) is 0 Å². The number of hydrogen-bond acceptors (Lipinski definition) is 1. The largest absolute Gasteiger partial charge is 0.347 e. The second-order valence-corrected chi connectivity index (χ2v) is 5.36. The number of aromatic nitrogens is 1. The summed E-state index contributed by atoms with van der Waals surface area (Å²) in [6.45, 7) is 3.11. The molecule has 1 unspecified atom stereocenters. The molecule has 1 atom stereocenters. The van der Waals surface area contributed by atoms with Crippen molar-refractivity contribution >= 4 is 16.7 Å². The Bertz CT molecular complexity index is 582. The second-order valence-electron chi connectivity index (χ2n) is 5.36. The summed E-state index contributed by atoms with van der Waals surface area (Å²) in [5, 5.41) is 1.33. The van der Waals surface area contributed by atoms with Gasteiger partial charge in [0.15, 0.2) is 0 Å². The lowest BCUT2D eigenvalue weighted by Crippen LogP contribution is -2.09. The van der Waals surface area contributed by atoms with Crippen molar-refractivity contribution in [3.8, 4) is 0 Å². The van der Waals surface area contributed by atoms with Crippen molar-refractivity contribution in [2.45, 2.75) is 39.2 Å².